The first-order valence-corrected chi connectivity index (χ1v) is 7.70. The maximum atomic E-state index is 12.0. The highest BCUT2D eigenvalue weighted by molar-refractivity contribution is 7.17. The second-order valence-electron chi connectivity index (χ2n) is 5.06. The van der Waals surface area contributed by atoms with Gasteiger partial charge in [-0.05, 0) is 24.6 Å². The highest BCUT2D eigenvalue weighted by Crippen LogP contribution is 2.25. The van der Waals surface area contributed by atoms with Crippen LogP contribution in [0.1, 0.15) is 20.8 Å². The van der Waals surface area contributed by atoms with E-state index >= 15 is 0 Å². The predicted octanol–water partition coefficient (Wildman–Crippen LogP) is 3.43. The van der Waals surface area contributed by atoms with Crippen LogP contribution < -0.4 is 5.63 Å². The Bertz CT molecular complexity index is 1000. The van der Waals surface area contributed by atoms with Crippen molar-refractivity contribution in [1.29, 1.82) is 0 Å². The van der Waals surface area contributed by atoms with E-state index in [0.717, 1.165) is 16.9 Å². The highest BCUT2D eigenvalue weighted by Gasteiger charge is 2.17. The average molecular weight is 345 g/mol. The molecule has 0 aliphatic carbocycles. The van der Waals surface area contributed by atoms with Gasteiger partial charge in [0.15, 0.2) is 0 Å². The molecule has 0 aliphatic heterocycles. The SMILES string of the molecule is Cc1ccc2c(COC(=O)c3ccc([N+](=O)[O-])s3)cc(=O)oc2c1. The molecule has 7 nitrogen and oxygen atoms in total. The smallest absolute Gasteiger partial charge is 0.348 e. The minimum Gasteiger partial charge on any atom is -0.457 e. The Morgan fingerprint density at radius 3 is 2.79 bits per heavy atom. The summed E-state index contributed by atoms with van der Waals surface area (Å²) in [6.07, 6.45) is 0. The lowest BCUT2D eigenvalue weighted by Gasteiger charge is -2.06. The van der Waals surface area contributed by atoms with E-state index in [1.807, 2.05) is 13.0 Å². The fourth-order valence-electron chi connectivity index (χ4n) is 2.21. The Kier molecular flexibility index (Phi) is 4.13. The van der Waals surface area contributed by atoms with Crippen LogP contribution in [0.2, 0.25) is 0 Å². The van der Waals surface area contributed by atoms with E-state index in [1.165, 1.54) is 18.2 Å². The first kappa shape index (κ1) is 15.9. The molecule has 0 unspecified atom stereocenters. The molecule has 0 saturated carbocycles. The number of fused-ring (bicyclic) bond motifs is 1. The minimum absolute atomic E-state index is 0.129. The lowest BCUT2D eigenvalue weighted by Crippen LogP contribution is -2.06. The van der Waals surface area contributed by atoms with Gasteiger partial charge in [-0.2, -0.15) is 0 Å². The molecule has 0 atom stereocenters. The van der Waals surface area contributed by atoms with Crippen molar-refractivity contribution in [3.8, 4) is 0 Å². The number of nitro groups is 1. The predicted molar refractivity (Wildman–Crippen MR) is 87.3 cm³/mol. The van der Waals surface area contributed by atoms with Crippen LogP contribution in [0.15, 0.2) is 45.6 Å². The van der Waals surface area contributed by atoms with Crippen molar-refractivity contribution < 1.29 is 18.9 Å². The second-order valence-corrected chi connectivity index (χ2v) is 6.12. The van der Waals surface area contributed by atoms with E-state index in [4.69, 9.17) is 9.15 Å². The molecule has 0 aliphatic rings. The summed E-state index contributed by atoms with van der Waals surface area (Å²) >= 11 is 0.739. The summed E-state index contributed by atoms with van der Waals surface area (Å²) in [4.78, 5) is 33.8. The molecule has 0 bridgehead atoms. The number of thiophene rings is 1. The molecule has 0 spiro atoms. The molecule has 0 radical (unpaired) electrons. The zero-order valence-electron chi connectivity index (χ0n) is 12.5. The van der Waals surface area contributed by atoms with Crippen LogP contribution in [-0.2, 0) is 11.3 Å². The van der Waals surface area contributed by atoms with Crippen LogP contribution in [0, 0.1) is 17.0 Å². The number of hydrogen-bond donors (Lipinski definition) is 0. The molecule has 24 heavy (non-hydrogen) atoms. The normalized spacial score (nSPS) is 10.7. The summed E-state index contributed by atoms with van der Waals surface area (Å²) in [7, 11) is 0. The molecule has 3 aromatic rings. The molecule has 0 amide bonds. The lowest BCUT2D eigenvalue weighted by molar-refractivity contribution is -0.380. The van der Waals surface area contributed by atoms with Crippen molar-refractivity contribution >= 4 is 33.3 Å². The monoisotopic (exact) mass is 345 g/mol. The van der Waals surface area contributed by atoms with E-state index in [-0.39, 0.29) is 16.5 Å². The van der Waals surface area contributed by atoms with Gasteiger partial charge in [0.25, 0.3) is 0 Å². The molecule has 2 aromatic heterocycles. The van der Waals surface area contributed by atoms with Gasteiger partial charge in [-0.1, -0.05) is 23.5 Å². The third kappa shape index (κ3) is 3.18. The summed E-state index contributed by atoms with van der Waals surface area (Å²) < 4.78 is 10.3. The third-order valence-corrected chi connectivity index (χ3v) is 4.33. The quantitative estimate of drug-likeness (QED) is 0.311. The van der Waals surface area contributed by atoms with Crippen LogP contribution in [0.25, 0.3) is 11.0 Å². The summed E-state index contributed by atoms with van der Waals surface area (Å²) in [5.74, 6) is -0.679. The van der Waals surface area contributed by atoms with Gasteiger partial charge in [0.1, 0.15) is 17.1 Å². The maximum absolute atomic E-state index is 12.0. The molecule has 2 heterocycles. The van der Waals surface area contributed by atoms with E-state index in [9.17, 15) is 19.7 Å². The van der Waals surface area contributed by atoms with Gasteiger partial charge < -0.3 is 9.15 Å². The largest absolute Gasteiger partial charge is 0.457 e. The van der Waals surface area contributed by atoms with Gasteiger partial charge >= 0.3 is 16.6 Å². The van der Waals surface area contributed by atoms with Crippen molar-refractivity contribution in [2.75, 3.05) is 0 Å². The van der Waals surface area contributed by atoms with Gasteiger partial charge in [-0.15, -0.1) is 0 Å². The summed E-state index contributed by atoms with van der Waals surface area (Å²) in [6, 6.07) is 9.22. The number of rotatable bonds is 4. The lowest BCUT2D eigenvalue weighted by atomic mass is 10.1. The zero-order chi connectivity index (χ0) is 17.3. The number of benzene rings is 1. The van der Waals surface area contributed by atoms with Crippen molar-refractivity contribution in [3.05, 3.63) is 72.9 Å². The molecule has 1 aromatic carbocycles. The van der Waals surface area contributed by atoms with E-state index in [1.54, 1.807) is 12.1 Å². The summed E-state index contributed by atoms with van der Waals surface area (Å²) in [6.45, 7) is 1.74. The van der Waals surface area contributed by atoms with Gasteiger partial charge in [0.2, 0.25) is 0 Å². The molecule has 0 fully saturated rings. The Labute approximate surface area is 139 Å². The van der Waals surface area contributed by atoms with Crippen LogP contribution in [-0.4, -0.2) is 10.9 Å². The first-order chi connectivity index (χ1) is 11.4. The fourth-order valence-corrected chi connectivity index (χ4v) is 2.92. The molecule has 0 saturated heterocycles. The van der Waals surface area contributed by atoms with Crippen molar-refractivity contribution in [1.82, 2.24) is 0 Å². The van der Waals surface area contributed by atoms with Gasteiger partial charge in [-0.3, -0.25) is 10.1 Å². The highest BCUT2D eigenvalue weighted by atomic mass is 32.1. The number of ether oxygens (including phenoxy) is 1. The molecule has 3 rings (SSSR count). The first-order valence-electron chi connectivity index (χ1n) is 6.89. The summed E-state index contributed by atoms with van der Waals surface area (Å²) in [5, 5.41) is 11.2. The number of hydrogen-bond acceptors (Lipinski definition) is 7. The Morgan fingerprint density at radius 1 is 1.29 bits per heavy atom. The standard InChI is InChI=1S/C16H11NO6S/c1-9-2-3-11-10(7-15(18)23-12(11)6-9)8-22-16(19)13-4-5-14(24-13)17(20)21/h2-7H,8H2,1H3. The molecule has 0 N–H and O–H groups in total. The Morgan fingerprint density at radius 2 is 2.08 bits per heavy atom. The maximum Gasteiger partial charge on any atom is 0.348 e. The van der Waals surface area contributed by atoms with Crippen molar-refractivity contribution in [2.45, 2.75) is 13.5 Å². The van der Waals surface area contributed by atoms with Crippen LogP contribution in [0.4, 0.5) is 5.00 Å². The van der Waals surface area contributed by atoms with Crippen LogP contribution in [0.5, 0.6) is 0 Å². The average Bonchev–Trinajstić information content (AvgIpc) is 3.02. The number of esters is 1. The number of nitrogens with zero attached hydrogens (tertiary/aromatic N) is 1. The van der Waals surface area contributed by atoms with Gasteiger partial charge in [-0.25, -0.2) is 9.59 Å². The minimum atomic E-state index is -0.679. The number of aryl methyl sites for hydroxylation is 1. The molecular weight excluding hydrogens is 334 g/mol. The van der Waals surface area contributed by atoms with Crippen LogP contribution in [0.3, 0.4) is 0 Å². The summed E-state index contributed by atoms with van der Waals surface area (Å²) in [5.41, 5.74) is 1.33. The number of carbonyl (C=O) groups is 1. The third-order valence-electron chi connectivity index (χ3n) is 3.32. The van der Waals surface area contributed by atoms with Gasteiger partial charge in [0.05, 0.1) is 4.92 Å². The number of carbonyl (C=O) groups excluding carboxylic acids is 1. The second kappa shape index (κ2) is 6.25. The van der Waals surface area contributed by atoms with E-state index < -0.39 is 16.5 Å². The van der Waals surface area contributed by atoms with Crippen molar-refractivity contribution in [3.63, 3.8) is 0 Å². The molecule has 122 valence electrons. The van der Waals surface area contributed by atoms with Gasteiger partial charge in [0, 0.05) is 23.1 Å². The van der Waals surface area contributed by atoms with E-state index in [2.05, 4.69) is 0 Å². The Hall–Kier alpha value is -3.00. The zero-order valence-corrected chi connectivity index (χ0v) is 13.3. The van der Waals surface area contributed by atoms with Crippen molar-refractivity contribution in [2.24, 2.45) is 0 Å². The molecule has 8 heteroatoms. The Balaban J connectivity index is 1.83. The fraction of sp³-hybridized carbons (Fsp3) is 0.125. The topological polar surface area (TPSA) is 99.6 Å². The molecular formula is C16H11NO6S. The van der Waals surface area contributed by atoms with Crippen LogP contribution >= 0.6 is 11.3 Å². The van der Waals surface area contributed by atoms with E-state index in [0.29, 0.717) is 16.5 Å².